The molecule has 0 spiro atoms. The van der Waals surface area contributed by atoms with Gasteiger partial charge in [-0.3, -0.25) is 4.99 Å². The number of rotatable bonds is 4. The molecule has 0 saturated carbocycles. The highest BCUT2D eigenvalue weighted by Crippen LogP contribution is 2.15. The van der Waals surface area contributed by atoms with E-state index in [1.165, 1.54) is 19.3 Å². The summed E-state index contributed by atoms with van der Waals surface area (Å²) in [7, 11) is 0. The SMILES string of the molecule is C[C@@H](N)C/C=C\C[C@@H]1CCCCC(N)=N1. The second-order valence-electron chi connectivity index (χ2n) is 4.44. The maximum atomic E-state index is 5.78. The minimum Gasteiger partial charge on any atom is -0.387 e. The van der Waals surface area contributed by atoms with Crippen LogP contribution < -0.4 is 11.5 Å². The smallest absolute Gasteiger partial charge is 0.0940 e. The van der Waals surface area contributed by atoms with Crippen molar-refractivity contribution in [1.29, 1.82) is 0 Å². The monoisotopic (exact) mass is 209 g/mol. The lowest BCUT2D eigenvalue weighted by atomic mass is 10.1. The van der Waals surface area contributed by atoms with Gasteiger partial charge >= 0.3 is 0 Å². The lowest BCUT2D eigenvalue weighted by molar-refractivity contribution is 0.595. The fourth-order valence-corrected chi connectivity index (χ4v) is 1.78. The van der Waals surface area contributed by atoms with Crippen LogP contribution in [-0.4, -0.2) is 17.9 Å². The van der Waals surface area contributed by atoms with Crippen molar-refractivity contribution < 1.29 is 0 Å². The maximum absolute atomic E-state index is 5.78. The van der Waals surface area contributed by atoms with Crippen LogP contribution in [0.25, 0.3) is 0 Å². The molecule has 3 heteroatoms. The van der Waals surface area contributed by atoms with E-state index in [2.05, 4.69) is 17.1 Å². The molecule has 0 radical (unpaired) electrons. The summed E-state index contributed by atoms with van der Waals surface area (Å²) in [6.07, 6.45) is 10.9. The Balaban J connectivity index is 2.30. The molecule has 0 amide bonds. The number of nitrogens with zero attached hydrogens (tertiary/aromatic N) is 1. The van der Waals surface area contributed by atoms with Crippen LogP contribution >= 0.6 is 0 Å². The van der Waals surface area contributed by atoms with Crippen LogP contribution in [0.1, 0.15) is 45.4 Å². The second-order valence-corrected chi connectivity index (χ2v) is 4.44. The lowest BCUT2D eigenvalue weighted by Gasteiger charge is -2.07. The molecule has 2 atom stereocenters. The van der Waals surface area contributed by atoms with Gasteiger partial charge in [-0.1, -0.05) is 18.6 Å². The molecule has 1 aliphatic heterocycles. The molecule has 0 bridgehead atoms. The fraction of sp³-hybridized carbons (Fsp3) is 0.750. The predicted molar refractivity (Wildman–Crippen MR) is 65.9 cm³/mol. The molecule has 3 nitrogen and oxygen atoms in total. The van der Waals surface area contributed by atoms with E-state index in [4.69, 9.17) is 11.5 Å². The number of hydrogen-bond donors (Lipinski definition) is 2. The van der Waals surface area contributed by atoms with Gasteiger partial charge in [0, 0.05) is 12.5 Å². The van der Waals surface area contributed by atoms with Crippen molar-refractivity contribution in [1.82, 2.24) is 0 Å². The summed E-state index contributed by atoms with van der Waals surface area (Å²) in [5.41, 5.74) is 11.4. The summed E-state index contributed by atoms with van der Waals surface area (Å²) < 4.78 is 0. The zero-order valence-electron chi connectivity index (χ0n) is 9.65. The van der Waals surface area contributed by atoms with Crippen molar-refractivity contribution in [2.45, 2.75) is 57.5 Å². The molecule has 0 unspecified atom stereocenters. The summed E-state index contributed by atoms with van der Waals surface area (Å²) in [6.45, 7) is 2.02. The third kappa shape index (κ3) is 5.57. The van der Waals surface area contributed by atoms with Crippen molar-refractivity contribution >= 4 is 5.84 Å². The molecule has 0 aromatic heterocycles. The van der Waals surface area contributed by atoms with Crippen LogP contribution in [0.3, 0.4) is 0 Å². The number of nitrogens with two attached hydrogens (primary N) is 2. The van der Waals surface area contributed by atoms with Gasteiger partial charge in [0.25, 0.3) is 0 Å². The summed E-state index contributed by atoms with van der Waals surface area (Å²) >= 11 is 0. The normalized spacial score (nSPS) is 24.9. The number of amidine groups is 1. The van der Waals surface area contributed by atoms with E-state index < -0.39 is 0 Å². The third-order valence-corrected chi connectivity index (χ3v) is 2.65. The molecule has 0 fully saturated rings. The molecule has 0 aliphatic carbocycles. The Hall–Kier alpha value is -0.830. The average molecular weight is 209 g/mol. The molecule has 1 heterocycles. The Labute approximate surface area is 92.6 Å². The average Bonchev–Trinajstić information content (AvgIpc) is 2.37. The van der Waals surface area contributed by atoms with Gasteiger partial charge in [-0.05, 0) is 32.6 Å². The topological polar surface area (TPSA) is 64.4 Å². The van der Waals surface area contributed by atoms with Crippen LogP contribution in [-0.2, 0) is 0 Å². The van der Waals surface area contributed by atoms with Crippen LogP contribution in [0.2, 0.25) is 0 Å². The van der Waals surface area contributed by atoms with Gasteiger partial charge in [0.2, 0.25) is 0 Å². The molecule has 4 N–H and O–H groups in total. The van der Waals surface area contributed by atoms with Crippen molar-refractivity contribution in [3.8, 4) is 0 Å². The second kappa shape index (κ2) is 6.62. The lowest BCUT2D eigenvalue weighted by Crippen LogP contribution is -2.14. The molecular formula is C12H23N3. The van der Waals surface area contributed by atoms with Gasteiger partial charge in [0.15, 0.2) is 0 Å². The van der Waals surface area contributed by atoms with Crippen LogP contribution in [0.4, 0.5) is 0 Å². The first-order valence-electron chi connectivity index (χ1n) is 5.91. The predicted octanol–water partition coefficient (Wildman–Crippen LogP) is 1.97. The van der Waals surface area contributed by atoms with E-state index in [9.17, 15) is 0 Å². The van der Waals surface area contributed by atoms with E-state index in [0.29, 0.717) is 6.04 Å². The summed E-state index contributed by atoms with van der Waals surface area (Å²) in [5, 5.41) is 0. The molecule has 86 valence electrons. The van der Waals surface area contributed by atoms with E-state index in [-0.39, 0.29) is 6.04 Å². The molecule has 15 heavy (non-hydrogen) atoms. The van der Waals surface area contributed by atoms with Crippen molar-refractivity contribution in [2.75, 3.05) is 0 Å². The maximum Gasteiger partial charge on any atom is 0.0940 e. The van der Waals surface area contributed by atoms with Gasteiger partial charge < -0.3 is 11.5 Å². The minimum absolute atomic E-state index is 0.254. The van der Waals surface area contributed by atoms with Crippen LogP contribution in [0.15, 0.2) is 17.1 Å². The fourth-order valence-electron chi connectivity index (χ4n) is 1.78. The highest BCUT2D eigenvalue weighted by atomic mass is 14.9. The Bertz CT molecular complexity index is 231. The third-order valence-electron chi connectivity index (χ3n) is 2.65. The minimum atomic E-state index is 0.254. The highest BCUT2D eigenvalue weighted by Gasteiger charge is 2.09. The first-order valence-corrected chi connectivity index (χ1v) is 5.91. The van der Waals surface area contributed by atoms with E-state index in [1.807, 2.05) is 6.92 Å². The summed E-state index contributed by atoms with van der Waals surface area (Å²) in [5.74, 6) is 0.832. The summed E-state index contributed by atoms with van der Waals surface area (Å²) in [6, 6.07) is 0.654. The van der Waals surface area contributed by atoms with Gasteiger partial charge in [-0.15, -0.1) is 0 Å². The Morgan fingerprint density at radius 3 is 3.00 bits per heavy atom. The highest BCUT2D eigenvalue weighted by molar-refractivity contribution is 5.80. The first-order chi connectivity index (χ1) is 7.18. The standard InChI is InChI=1S/C12H23N3/c1-10(13)6-2-3-7-11-8-4-5-9-12(14)15-11/h2-3,10-11H,4-9,13H2,1H3,(H2,14,15)/b3-2-/t10-,11-/m1/s1. The molecule has 0 aromatic carbocycles. The molecule has 1 rings (SSSR count). The van der Waals surface area contributed by atoms with E-state index >= 15 is 0 Å². The van der Waals surface area contributed by atoms with Crippen molar-refractivity contribution in [3.05, 3.63) is 12.2 Å². The van der Waals surface area contributed by atoms with Gasteiger partial charge in [-0.2, -0.15) is 0 Å². The zero-order valence-corrected chi connectivity index (χ0v) is 9.65. The van der Waals surface area contributed by atoms with Crippen molar-refractivity contribution in [3.63, 3.8) is 0 Å². The van der Waals surface area contributed by atoms with E-state index in [1.54, 1.807) is 0 Å². The quantitative estimate of drug-likeness (QED) is 0.695. The molecule has 1 aliphatic rings. The van der Waals surface area contributed by atoms with Crippen LogP contribution in [0, 0.1) is 0 Å². The number of aliphatic imine (C=N–C) groups is 1. The van der Waals surface area contributed by atoms with Gasteiger partial charge in [0.1, 0.15) is 0 Å². The molecular weight excluding hydrogens is 186 g/mol. The Morgan fingerprint density at radius 2 is 2.27 bits per heavy atom. The molecule has 0 saturated heterocycles. The van der Waals surface area contributed by atoms with E-state index in [0.717, 1.165) is 25.1 Å². The van der Waals surface area contributed by atoms with Gasteiger partial charge in [-0.25, -0.2) is 0 Å². The summed E-state index contributed by atoms with van der Waals surface area (Å²) in [4.78, 5) is 4.50. The largest absolute Gasteiger partial charge is 0.387 e. The van der Waals surface area contributed by atoms with Crippen molar-refractivity contribution in [2.24, 2.45) is 16.5 Å². The van der Waals surface area contributed by atoms with Gasteiger partial charge in [0.05, 0.1) is 11.9 Å². The Morgan fingerprint density at radius 1 is 1.47 bits per heavy atom. The Kier molecular flexibility index (Phi) is 5.40. The molecule has 0 aromatic rings. The van der Waals surface area contributed by atoms with Crippen LogP contribution in [0.5, 0.6) is 0 Å². The first kappa shape index (κ1) is 12.2. The zero-order chi connectivity index (χ0) is 11.1. The number of hydrogen-bond acceptors (Lipinski definition) is 3.